The molecule has 1 saturated heterocycles. The molecular weight excluding hydrogens is 208 g/mol. The number of nitrogens with zero attached hydrogens (tertiary/aromatic N) is 1. The zero-order chi connectivity index (χ0) is 13.1. The van der Waals surface area contributed by atoms with Crippen molar-refractivity contribution >= 4 is 0 Å². The molecule has 102 valence electrons. The van der Waals surface area contributed by atoms with Crippen LogP contribution in [0.25, 0.3) is 0 Å². The van der Waals surface area contributed by atoms with Crippen LogP contribution in [-0.2, 0) is 0 Å². The lowest BCUT2D eigenvalue weighted by molar-refractivity contribution is 0.0230. The molecule has 0 aliphatic carbocycles. The Balaban J connectivity index is 2.80. The van der Waals surface area contributed by atoms with Crippen LogP contribution in [0, 0.1) is 5.92 Å². The van der Waals surface area contributed by atoms with Gasteiger partial charge in [0.2, 0.25) is 0 Å². The predicted molar refractivity (Wildman–Crippen MR) is 76.4 cm³/mol. The molecule has 0 aromatic rings. The molecule has 1 fully saturated rings. The van der Waals surface area contributed by atoms with Gasteiger partial charge in [-0.3, -0.25) is 4.90 Å². The lowest BCUT2D eigenvalue weighted by atomic mass is 9.84. The summed E-state index contributed by atoms with van der Waals surface area (Å²) in [6.07, 6.45) is 3.75. The summed E-state index contributed by atoms with van der Waals surface area (Å²) < 4.78 is 0. The van der Waals surface area contributed by atoms with Gasteiger partial charge in [-0.2, -0.15) is 0 Å². The molecule has 0 bridgehead atoms. The topological polar surface area (TPSA) is 15.3 Å². The van der Waals surface area contributed by atoms with Crippen molar-refractivity contribution in [3.05, 3.63) is 0 Å². The highest BCUT2D eigenvalue weighted by Gasteiger charge is 2.39. The number of piperazine rings is 1. The molecule has 0 radical (unpaired) electrons. The highest BCUT2D eigenvalue weighted by atomic mass is 15.3. The molecule has 0 aromatic heterocycles. The molecule has 1 N–H and O–H groups in total. The van der Waals surface area contributed by atoms with Crippen molar-refractivity contribution in [2.75, 3.05) is 13.1 Å². The second-order valence-electron chi connectivity index (χ2n) is 6.09. The zero-order valence-electron chi connectivity index (χ0n) is 12.7. The molecule has 2 nitrogen and oxygen atoms in total. The first kappa shape index (κ1) is 15.0. The summed E-state index contributed by atoms with van der Waals surface area (Å²) in [5.74, 6) is 0.789. The Kier molecular flexibility index (Phi) is 5.46. The van der Waals surface area contributed by atoms with Gasteiger partial charge in [0.25, 0.3) is 0 Å². The molecule has 2 heteroatoms. The molecule has 0 saturated carbocycles. The van der Waals surface area contributed by atoms with Gasteiger partial charge >= 0.3 is 0 Å². The van der Waals surface area contributed by atoms with Gasteiger partial charge in [0.15, 0.2) is 0 Å². The second kappa shape index (κ2) is 6.19. The maximum absolute atomic E-state index is 3.84. The molecule has 1 rings (SSSR count). The Morgan fingerprint density at radius 2 is 1.76 bits per heavy atom. The average molecular weight is 240 g/mol. The minimum Gasteiger partial charge on any atom is -0.308 e. The van der Waals surface area contributed by atoms with Crippen LogP contribution in [0.1, 0.15) is 60.8 Å². The van der Waals surface area contributed by atoms with E-state index < -0.39 is 0 Å². The first-order chi connectivity index (χ1) is 7.99. The molecule has 2 atom stereocenters. The van der Waals surface area contributed by atoms with E-state index in [9.17, 15) is 0 Å². The van der Waals surface area contributed by atoms with Crippen molar-refractivity contribution in [2.24, 2.45) is 5.92 Å². The monoisotopic (exact) mass is 240 g/mol. The van der Waals surface area contributed by atoms with Gasteiger partial charge in [0, 0.05) is 30.7 Å². The SMILES string of the molecule is CCC(C)C1CNC(CC)(CC)CN1C(C)C. The van der Waals surface area contributed by atoms with Gasteiger partial charge < -0.3 is 5.32 Å². The van der Waals surface area contributed by atoms with Gasteiger partial charge in [-0.25, -0.2) is 0 Å². The van der Waals surface area contributed by atoms with Crippen LogP contribution in [0.2, 0.25) is 0 Å². The number of hydrogen-bond acceptors (Lipinski definition) is 2. The minimum absolute atomic E-state index is 0.355. The first-order valence-electron chi connectivity index (χ1n) is 7.50. The molecule has 1 aliphatic rings. The predicted octanol–water partition coefficient (Wildman–Crippen LogP) is 3.27. The largest absolute Gasteiger partial charge is 0.308 e. The zero-order valence-corrected chi connectivity index (χ0v) is 12.7. The smallest absolute Gasteiger partial charge is 0.0304 e. The van der Waals surface area contributed by atoms with Gasteiger partial charge in [-0.15, -0.1) is 0 Å². The van der Waals surface area contributed by atoms with Crippen LogP contribution in [0.3, 0.4) is 0 Å². The van der Waals surface area contributed by atoms with E-state index in [1.54, 1.807) is 0 Å². The van der Waals surface area contributed by atoms with E-state index in [4.69, 9.17) is 0 Å². The van der Waals surface area contributed by atoms with Crippen molar-refractivity contribution in [1.29, 1.82) is 0 Å². The summed E-state index contributed by atoms with van der Waals surface area (Å²) in [6.45, 7) is 16.4. The third-order valence-electron chi connectivity index (χ3n) is 4.92. The molecule has 0 aromatic carbocycles. The van der Waals surface area contributed by atoms with Gasteiger partial charge in [0.1, 0.15) is 0 Å². The van der Waals surface area contributed by atoms with E-state index in [0.717, 1.165) is 12.5 Å². The summed E-state index contributed by atoms with van der Waals surface area (Å²) in [5.41, 5.74) is 0.355. The normalized spacial score (nSPS) is 27.4. The Labute approximate surface area is 108 Å². The van der Waals surface area contributed by atoms with Crippen molar-refractivity contribution in [2.45, 2.75) is 78.4 Å². The van der Waals surface area contributed by atoms with Crippen molar-refractivity contribution in [1.82, 2.24) is 10.2 Å². The van der Waals surface area contributed by atoms with E-state index in [1.165, 1.54) is 25.8 Å². The van der Waals surface area contributed by atoms with Crippen LogP contribution < -0.4 is 5.32 Å². The molecular formula is C15H32N2. The lowest BCUT2D eigenvalue weighted by Crippen LogP contribution is -2.66. The molecule has 2 unspecified atom stereocenters. The molecule has 0 spiro atoms. The van der Waals surface area contributed by atoms with Crippen molar-refractivity contribution in [3.63, 3.8) is 0 Å². The van der Waals surface area contributed by atoms with Crippen molar-refractivity contribution < 1.29 is 0 Å². The van der Waals surface area contributed by atoms with Gasteiger partial charge in [-0.05, 0) is 32.6 Å². The molecule has 0 amide bonds. The van der Waals surface area contributed by atoms with E-state index in [0.29, 0.717) is 17.6 Å². The maximum atomic E-state index is 3.84. The van der Waals surface area contributed by atoms with Crippen LogP contribution in [-0.4, -0.2) is 35.6 Å². The Bertz CT molecular complexity index is 221. The maximum Gasteiger partial charge on any atom is 0.0304 e. The highest BCUT2D eigenvalue weighted by molar-refractivity contribution is 4.98. The summed E-state index contributed by atoms with van der Waals surface area (Å²) in [4.78, 5) is 2.73. The third-order valence-corrected chi connectivity index (χ3v) is 4.92. The molecule has 1 heterocycles. The van der Waals surface area contributed by atoms with Gasteiger partial charge in [-0.1, -0.05) is 34.1 Å². The fourth-order valence-electron chi connectivity index (χ4n) is 3.05. The average Bonchev–Trinajstić information content (AvgIpc) is 2.37. The quantitative estimate of drug-likeness (QED) is 0.793. The molecule has 17 heavy (non-hydrogen) atoms. The second-order valence-corrected chi connectivity index (χ2v) is 6.09. The summed E-state index contributed by atoms with van der Waals surface area (Å²) >= 11 is 0. The minimum atomic E-state index is 0.355. The fraction of sp³-hybridized carbons (Fsp3) is 1.00. The Morgan fingerprint density at radius 1 is 1.18 bits per heavy atom. The Hall–Kier alpha value is -0.0800. The summed E-state index contributed by atoms with van der Waals surface area (Å²) in [6, 6.07) is 1.37. The third kappa shape index (κ3) is 3.23. The lowest BCUT2D eigenvalue weighted by Gasteiger charge is -2.51. The van der Waals surface area contributed by atoms with Crippen molar-refractivity contribution in [3.8, 4) is 0 Å². The summed E-state index contributed by atoms with van der Waals surface area (Å²) in [5, 5.41) is 3.84. The molecule has 1 aliphatic heterocycles. The number of rotatable bonds is 5. The first-order valence-corrected chi connectivity index (χ1v) is 7.50. The number of hydrogen-bond donors (Lipinski definition) is 1. The van der Waals surface area contributed by atoms with Crippen LogP contribution in [0.15, 0.2) is 0 Å². The van der Waals surface area contributed by atoms with E-state index >= 15 is 0 Å². The van der Waals surface area contributed by atoms with Crippen LogP contribution in [0.5, 0.6) is 0 Å². The Morgan fingerprint density at radius 3 is 2.18 bits per heavy atom. The van der Waals surface area contributed by atoms with E-state index in [2.05, 4.69) is 51.8 Å². The fourth-order valence-corrected chi connectivity index (χ4v) is 3.05. The number of nitrogens with one attached hydrogen (secondary N) is 1. The van der Waals surface area contributed by atoms with Crippen LogP contribution >= 0.6 is 0 Å². The standard InChI is InChI=1S/C15H32N2/c1-7-13(6)14-10-16-15(8-2,9-3)11-17(14)12(4)5/h12-14,16H,7-11H2,1-6H3. The van der Waals surface area contributed by atoms with E-state index in [-0.39, 0.29) is 0 Å². The van der Waals surface area contributed by atoms with E-state index in [1.807, 2.05) is 0 Å². The highest BCUT2D eigenvalue weighted by Crippen LogP contribution is 2.28. The summed E-state index contributed by atoms with van der Waals surface area (Å²) in [7, 11) is 0. The van der Waals surface area contributed by atoms with Gasteiger partial charge in [0.05, 0.1) is 0 Å². The van der Waals surface area contributed by atoms with Crippen LogP contribution in [0.4, 0.5) is 0 Å².